The maximum atomic E-state index is 13.0. The molecule has 1 N–H and O–H groups in total. The number of ether oxygens (including phenoxy) is 1. The van der Waals surface area contributed by atoms with E-state index in [4.69, 9.17) is 32.5 Å². The first-order chi connectivity index (χ1) is 14.8. The highest BCUT2D eigenvalue weighted by molar-refractivity contribution is 6.51. The summed E-state index contributed by atoms with van der Waals surface area (Å²) >= 11 is 12.2. The molecule has 1 aromatic heterocycles. The zero-order valence-electron chi connectivity index (χ0n) is 16.4. The summed E-state index contributed by atoms with van der Waals surface area (Å²) in [6, 6.07) is 11.8. The van der Waals surface area contributed by atoms with Crippen molar-refractivity contribution in [2.45, 2.75) is 13.0 Å². The van der Waals surface area contributed by atoms with E-state index >= 15 is 0 Å². The van der Waals surface area contributed by atoms with E-state index in [-0.39, 0.29) is 22.2 Å². The van der Waals surface area contributed by atoms with Crippen molar-refractivity contribution in [3.63, 3.8) is 0 Å². The van der Waals surface area contributed by atoms with Crippen LogP contribution >= 0.6 is 23.2 Å². The fraction of sp³-hybridized carbons (Fsp3) is 0.136. The third-order valence-electron chi connectivity index (χ3n) is 4.91. The van der Waals surface area contributed by atoms with Gasteiger partial charge in [0.25, 0.3) is 5.78 Å². The molecule has 0 radical (unpaired) electrons. The van der Waals surface area contributed by atoms with E-state index < -0.39 is 17.7 Å². The number of aryl methyl sites for hydroxylation is 1. The van der Waals surface area contributed by atoms with Gasteiger partial charge in [0.05, 0.1) is 28.8 Å². The fourth-order valence-corrected chi connectivity index (χ4v) is 3.77. The molecule has 4 rings (SSSR count). The van der Waals surface area contributed by atoms with E-state index in [1.165, 1.54) is 18.1 Å². The number of ketones is 1. The topological polar surface area (TPSA) is 92.9 Å². The lowest BCUT2D eigenvalue weighted by molar-refractivity contribution is -0.132. The second-order valence-corrected chi connectivity index (χ2v) is 7.68. The number of amides is 1. The summed E-state index contributed by atoms with van der Waals surface area (Å²) in [5.74, 6) is -0.989. The Morgan fingerprint density at radius 1 is 1.13 bits per heavy atom. The van der Waals surface area contributed by atoms with Gasteiger partial charge in [0.1, 0.15) is 17.3 Å². The Hall–Kier alpha value is -3.29. The van der Waals surface area contributed by atoms with E-state index in [2.05, 4.69) is 5.16 Å². The minimum atomic E-state index is -0.995. The van der Waals surface area contributed by atoms with Crippen LogP contribution in [-0.4, -0.2) is 29.1 Å². The summed E-state index contributed by atoms with van der Waals surface area (Å²) in [6.45, 7) is 1.66. The van der Waals surface area contributed by atoms with E-state index in [9.17, 15) is 14.7 Å². The number of carbonyl (C=O) groups is 2. The highest BCUT2D eigenvalue weighted by Gasteiger charge is 2.48. The van der Waals surface area contributed by atoms with Crippen molar-refractivity contribution in [1.82, 2.24) is 5.16 Å². The van der Waals surface area contributed by atoms with Crippen LogP contribution in [-0.2, 0) is 9.59 Å². The number of methoxy groups -OCH3 is 1. The van der Waals surface area contributed by atoms with Crippen LogP contribution in [0.4, 0.5) is 5.82 Å². The Bertz CT molecular complexity index is 1230. The Morgan fingerprint density at radius 3 is 2.55 bits per heavy atom. The molecule has 0 unspecified atom stereocenters. The lowest BCUT2D eigenvalue weighted by Gasteiger charge is -2.23. The first kappa shape index (κ1) is 21.0. The fourth-order valence-electron chi connectivity index (χ4n) is 3.46. The van der Waals surface area contributed by atoms with E-state index in [1.54, 1.807) is 49.4 Å². The molecule has 2 heterocycles. The number of hydrogen-bond donors (Lipinski definition) is 1. The van der Waals surface area contributed by atoms with Crippen LogP contribution in [0.15, 0.2) is 58.6 Å². The summed E-state index contributed by atoms with van der Waals surface area (Å²) in [5, 5.41) is 15.5. The second kappa shape index (κ2) is 8.09. The number of aliphatic hydroxyl groups is 1. The van der Waals surface area contributed by atoms with Crippen LogP contribution in [0.3, 0.4) is 0 Å². The van der Waals surface area contributed by atoms with Gasteiger partial charge in [0.2, 0.25) is 0 Å². The van der Waals surface area contributed by atoms with Crippen molar-refractivity contribution in [2.24, 2.45) is 0 Å². The molecular weight excluding hydrogens is 443 g/mol. The van der Waals surface area contributed by atoms with Crippen molar-refractivity contribution >= 4 is 46.5 Å². The van der Waals surface area contributed by atoms with Gasteiger partial charge in [-0.1, -0.05) is 46.6 Å². The molecule has 7 nitrogen and oxygen atoms in total. The molecule has 2 aromatic carbocycles. The quantitative estimate of drug-likeness (QED) is 0.338. The van der Waals surface area contributed by atoms with Gasteiger partial charge in [-0.2, -0.15) is 0 Å². The number of halogens is 2. The molecule has 0 spiro atoms. The Balaban J connectivity index is 1.96. The first-order valence-corrected chi connectivity index (χ1v) is 9.91. The summed E-state index contributed by atoms with van der Waals surface area (Å²) < 4.78 is 10.3. The number of anilines is 1. The maximum Gasteiger partial charge on any atom is 0.301 e. The van der Waals surface area contributed by atoms with Crippen LogP contribution in [0.5, 0.6) is 5.75 Å². The zero-order chi connectivity index (χ0) is 22.3. The number of rotatable bonds is 4. The van der Waals surface area contributed by atoms with Gasteiger partial charge >= 0.3 is 5.91 Å². The summed E-state index contributed by atoms with van der Waals surface area (Å²) in [7, 11) is 1.49. The van der Waals surface area contributed by atoms with Gasteiger partial charge in [-0.15, -0.1) is 0 Å². The number of aromatic nitrogens is 1. The first-order valence-electron chi connectivity index (χ1n) is 9.15. The van der Waals surface area contributed by atoms with Crippen molar-refractivity contribution in [3.05, 3.63) is 81.0 Å². The van der Waals surface area contributed by atoms with Crippen molar-refractivity contribution in [1.29, 1.82) is 0 Å². The highest BCUT2D eigenvalue weighted by atomic mass is 35.5. The molecule has 3 aromatic rings. The smallest absolute Gasteiger partial charge is 0.301 e. The van der Waals surface area contributed by atoms with Crippen LogP contribution in [0.25, 0.3) is 5.76 Å². The maximum absolute atomic E-state index is 13.0. The Kier molecular flexibility index (Phi) is 5.47. The summed E-state index contributed by atoms with van der Waals surface area (Å²) in [4.78, 5) is 27.2. The lowest BCUT2D eigenvalue weighted by atomic mass is 9.95. The van der Waals surface area contributed by atoms with Gasteiger partial charge in [-0.3, -0.25) is 14.5 Å². The zero-order valence-corrected chi connectivity index (χ0v) is 17.9. The summed E-state index contributed by atoms with van der Waals surface area (Å²) in [5.41, 5.74) is 0.676. The number of nitrogens with zero attached hydrogens (tertiary/aromatic N) is 2. The molecule has 0 saturated carbocycles. The van der Waals surface area contributed by atoms with E-state index in [0.29, 0.717) is 27.7 Å². The number of carbonyl (C=O) groups excluding carboxylic acids is 2. The molecule has 1 fully saturated rings. The molecule has 158 valence electrons. The molecule has 1 aliphatic rings. The predicted molar refractivity (Wildman–Crippen MR) is 115 cm³/mol. The summed E-state index contributed by atoms with van der Waals surface area (Å²) in [6.07, 6.45) is 0. The number of benzene rings is 2. The highest BCUT2D eigenvalue weighted by Crippen LogP contribution is 2.43. The molecule has 0 aliphatic carbocycles. The molecule has 31 heavy (non-hydrogen) atoms. The number of aliphatic hydroxyl groups excluding tert-OH is 1. The van der Waals surface area contributed by atoms with Crippen LogP contribution in [0, 0.1) is 6.92 Å². The normalized spacial score (nSPS) is 17.9. The average molecular weight is 459 g/mol. The number of Topliss-reactive ketones (excluding diaryl/α,β-unsaturated/α-hetero) is 1. The van der Waals surface area contributed by atoms with Crippen molar-refractivity contribution in [3.8, 4) is 5.75 Å². The second-order valence-electron chi connectivity index (χ2n) is 6.87. The minimum absolute atomic E-state index is 0.114. The Labute approximate surface area is 187 Å². The monoisotopic (exact) mass is 458 g/mol. The SMILES string of the molecule is COc1cccc(C(O)=C2C(=O)C(=O)N(c3cc(C)on3)[C@@H]2c2ccc(Cl)c(Cl)c2)c1. The van der Waals surface area contributed by atoms with Crippen molar-refractivity contribution < 1.29 is 24.0 Å². The standard InChI is InChI=1S/C22H16Cl2N2O5/c1-11-8-17(25-31-11)26-19(12-6-7-15(23)16(24)10-12)18(21(28)22(26)29)20(27)13-4-3-5-14(9-13)30-2/h3-10,19,27H,1-2H3/t19-/m1/s1. The molecule has 1 atom stereocenters. The van der Waals surface area contributed by atoms with E-state index in [1.807, 2.05) is 0 Å². The number of hydrogen-bond acceptors (Lipinski definition) is 6. The molecule has 1 aliphatic heterocycles. The van der Waals surface area contributed by atoms with Gasteiger partial charge < -0.3 is 14.4 Å². The molecule has 0 bridgehead atoms. The van der Waals surface area contributed by atoms with Gasteiger partial charge in [-0.25, -0.2) is 0 Å². The predicted octanol–water partition coefficient (Wildman–Crippen LogP) is 4.92. The van der Waals surface area contributed by atoms with Crippen LogP contribution in [0.2, 0.25) is 10.0 Å². The van der Waals surface area contributed by atoms with Crippen LogP contribution < -0.4 is 9.64 Å². The molecule has 9 heteroatoms. The molecule has 1 saturated heterocycles. The average Bonchev–Trinajstić information content (AvgIpc) is 3.30. The Morgan fingerprint density at radius 2 is 1.90 bits per heavy atom. The third-order valence-corrected chi connectivity index (χ3v) is 5.65. The largest absolute Gasteiger partial charge is 0.507 e. The van der Waals surface area contributed by atoms with Crippen LogP contribution in [0.1, 0.15) is 22.9 Å². The van der Waals surface area contributed by atoms with Crippen molar-refractivity contribution in [2.75, 3.05) is 12.0 Å². The van der Waals surface area contributed by atoms with Gasteiger partial charge in [0, 0.05) is 11.6 Å². The minimum Gasteiger partial charge on any atom is -0.507 e. The van der Waals surface area contributed by atoms with E-state index in [0.717, 1.165) is 0 Å². The van der Waals surface area contributed by atoms with Gasteiger partial charge in [0.15, 0.2) is 5.82 Å². The molecular formula is C22H16Cl2N2O5. The molecule has 1 amide bonds. The third kappa shape index (κ3) is 3.66. The van der Waals surface area contributed by atoms with Gasteiger partial charge in [-0.05, 0) is 36.8 Å². The lowest BCUT2D eigenvalue weighted by Crippen LogP contribution is -2.29.